The van der Waals surface area contributed by atoms with E-state index in [-0.39, 0.29) is 6.04 Å². The number of hydrogen-bond acceptors (Lipinski definition) is 7. The molecule has 1 aliphatic rings. The van der Waals surface area contributed by atoms with Crippen molar-refractivity contribution < 1.29 is 28.4 Å². The van der Waals surface area contributed by atoms with Crippen molar-refractivity contribution in [3.63, 3.8) is 0 Å². The van der Waals surface area contributed by atoms with Crippen molar-refractivity contribution in [1.82, 2.24) is 9.47 Å². The Bertz CT molecular complexity index is 1130. The summed E-state index contributed by atoms with van der Waals surface area (Å²) in [4.78, 5) is 2.45. The van der Waals surface area contributed by atoms with Gasteiger partial charge < -0.3 is 33.0 Å². The Labute approximate surface area is 206 Å². The van der Waals surface area contributed by atoms with Crippen LogP contribution >= 0.6 is 0 Å². The molecule has 3 aromatic rings. The first-order valence-corrected chi connectivity index (χ1v) is 11.6. The summed E-state index contributed by atoms with van der Waals surface area (Å²) in [7, 11) is 9.81. The molecule has 0 fully saturated rings. The predicted molar refractivity (Wildman–Crippen MR) is 133 cm³/mol. The number of fused-ring (bicyclic) bond motifs is 1. The van der Waals surface area contributed by atoms with Gasteiger partial charge in [0.25, 0.3) is 0 Å². The minimum Gasteiger partial charge on any atom is -0.493 e. The van der Waals surface area contributed by atoms with Gasteiger partial charge in [0.1, 0.15) is 0 Å². The summed E-state index contributed by atoms with van der Waals surface area (Å²) < 4.78 is 36.2. The fourth-order valence-electron chi connectivity index (χ4n) is 4.97. The van der Waals surface area contributed by atoms with Crippen LogP contribution in [0.1, 0.15) is 29.3 Å². The average Bonchev–Trinajstić information content (AvgIpc) is 3.28. The van der Waals surface area contributed by atoms with E-state index < -0.39 is 0 Å². The fraction of sp³-hybridized carbons (Fsp3) is 0.407. The van der Waals surface area contributed by atoms with Crippen molar-refractivity contribution in [3.05, 3.63) is 59.4 Å². The van der Waals surface area contributed by atoms with Crippen LogP contribution in [0.15, 0.2) is 42.6 Å². The Morgan fingerprint density at radius 3 is 1.97 bits per heavy atom. The molecule has 0 bridgehead atoms. The van der Waals surface area contributed by atoms with E-state index >= 15 is 0 Å². The summed E-state index contributed by atoms with van der Waals surface area (Å²) in [5.74, 6) is 3.75. The van der Waals surface area contributed by atoms with E-state index in [1.165, 1.54) is 5.69 Å². The minimum absolute atomic E-state index is 0.0682. The number of methoxy groups -OCH3 is 6. The molecule has 1 atom stereocenters. The first-order chi connectivity index (χ1) is 17.1. The summed E-state index contributed by atoms with van der Waals surface area (Å²) in [6, 6.07) is 12.2. The number of aryl methyl sites for hydroxylation is 1. The van der Waals surface area contributed by atoms with Crippen molar-refractivity contribution in [2.24, 2.45) is 0 Å². The Morgan fingerprint density at radius 2 is 1.37 bits per heavy atom. The van der Waals surface area contributed by atoms with Gasteiger partial charge in [-0.15, -0.1) is 0 Å². The zero-order valence-electron chi connectivity index (χ0n) is 21.3. The second kappa shape index (κ2) is 10.8. The number of rotatable bonds is 9. The van der Waals surface area contributed by atoms with Crippen LogP contribution in [-0.2, 0) is 13.1 Å². The summed E-state index contributed by atoms with van der Waals surface area (Å²) in [5.41, 5.74) is 3.27. The third kappa shape index (κ3) is 4.58. The molecule has 2 heterocycles. The molecular formula is C27H34N2O6. The molecule has 0 spiro atoms. The van der Waals surface area contributed by atoms with Gasteiger partial charge in [-0.1, -0.05) is 0 Å². The highest BCUT2D eigenvalue weighted by atomic mass is 16.5. The van der Waals surface area contributed by atoms with Crippen molar-refractivity contribution >= 4 is 0 Å². The number of hydrogen-bond donors (Lipinski definition) is 0. The van der Waals surface area contributed by atoms with Crippen LogP contribution in [-0.4, -0.2) is 58.7 Å². The number of benzene rings is 2. The smallest absolute Gasteiger partial charge is 0.203 e. The second-order valence-corrected chi connectivity index (χ2v) is 8.31. The van der Waals surface area contributed by atoms with Crippen LogP contribution in [0.2, 0.25) is 0 Å². The van der Waals surface area contributed by atoms with Gasteiger partial charge in [0.15, 0.2) is 23.0 Å². The fourth-order valence-corrected chi connectivity index (χ4v) is 4.97. The van der Waals surface area contributed by atoms with Gasteiger partial charge in [-0.05, 0) is 48.4 Å². The van der Waals surface area contributed by atoms with E-state index in [4.69, 9.17) is 28.4 Å². The predicted octanol–water partition coefficient (Wildman–Crippen LogP) is 4.54. The molecule has 8 heteroatoms. The molecule has 35 heavy (non-hydrogen) atoms. The van der Waals surface area contributed by atoms with Gasteiger partial charge in [-0.3, -0.25) is 4.90 Å². The number of nitrogens with zero attached hydrogens (tertiary/aromatic N) is 2. The maximum absolute atomic E-state index is 5.90. The number of ether oxygens (including phenoxy) is 6. The van der Waals surface area contributed by atoms with Gasteiger partial charge >= 0.3 is 0 Å². The van der Waals surface area contributed by atoms with Crippen LogP contribution in [0.3, 0.4) is 0 Å². The number of aromatic nitrogens is 1. The van der Waals surface area contributed by atoms with Crippen LogP contribution in [0.5, 0.6) is 34.5 Å². The molecule has 0 radical (unpaired) electrons. The summed E-state index contributed by atoms with van der Waals surface area (Å²) in [5, 5.41) is 0. The van der Waals surface area contributed by atoms with Gasteiger partial charge in [0.05, 0.1) is 48.7 Å². The lowest BCUT2D eigenvalue weighted by atomic mass is 9.98. The van der Waals surface area contributed by atoms with Gasteiger partial charge in [-0.25, -0.2) is 0 Å². The summed E-state index contributed by atoms with van der Waals surface area (Å²) in [6.45, 7) is 2.50. The summed E-state index contributed by atoms with van der Waals surface area (Å²) in [6.07, 6.45) is 3.15. The normalized spacial score (nSPS) is 15.7. The lowest BCUT2D eigenvalue weighted by molar-refractivity contribution is 0.213. The Kier molecular flexibility index (Phi) is 7.60. The molecule has 0 saturated carbocycles. The molecule has 188 valence electrons. The van der Waals surface area contributed by atoms with Gasteiger partial charge in [0.2, 0.25) is 11.5 Å². The zero-order valence-corrected chi connectivity index (χ0v) is 21.3. The molecule has 1 unspecified atom stereocenters. The highest BCUT2D eigenvalue weighted by Gasteiger charge is 2.32. The largest absolute Gasteiger partial charge is 0.493 e. The van der Waals surface area contributed by atoms with Crippen LogP contribution in [0.4, 0.5) is 0 Å². The SMILES string of the molecule is COc1cc(CN2CCCn3cccc3C2c2ccc(OC)c(OC)c2OC)cc(OC)c1OC. The standard InChI is InChI=1S/C27H34N2O6/c1-30-21-11-10-19(25(33-4)27(21)35-6)24-20-9-7-12-28(20)13-8-14-29(24)17-18-15-22(31-2)26(34-5)23(16-18)32-3/h7,9-12,15-16,24H,8,13-14,17H2,1-6H3. The molecule has 0 saturated heterocycles. The molecule has 1 aromatic heterocycles. The van der Waals surface area contributed by atoms with Gasteiger partial charge in [0, 0.05) is 37.1 Å². The maximum atomic E-state index is 5.90. The lowest BCUT2D eigenvalue weighted by Gasteiger charge is -2.32. The molecule has 0 N–H and O–H groups in total. The van der Waals surface area contributed by atoms with Crippen molar-refractivity contribution in [3.8, 4) is 34.5 Å². The Morgan fingerprint density at radius 1 is 0.714 bits per heavy atom. The monoisotopic (exact) mass is 482 g/mol. The molecule has 2 aromatic carbocycles. The van der Waals surface area contributed by atoms with Crippen LogP contribution in [0, 0.1) is 0 Å². The van der Waals surface area contributed by atoms with Crippen LogP contribution < -0.4 is 28.4 Å². The van der Waals surface area contributed by atoms with Crippen LogP contribution in [0.25, 0.3) is 0 Å². The molecule has 1 aliphatic heterocycles. The molecule has 0 amide bonds. The lowest BCUT2D eigenvalue weighted by Crippen LogP contribution is -2.30. The third-order valence-corrected chi connectivity index (χ3v) is 6.49. The van der Waals surface area contributed by atoms with Crippen molar-refractivity contribution in [2.75, 3.05) is 49.2 Å². The molecule has 0 aliphatic carbocycles. The first-order valence-electron chi connectivity index (χ1n) is 11.6. The molecule has 8 nitrogen and oxygen atoms in total. The van der Waals surface area contributed by atoms with E-state index in [1.54, 1.807) is 42.7 Å². The average molecular weight is 483 g/mol. The zero-order chi connectivity index (χ0) is 24.9. The first kappa shape index (κ1) is 24.6. The summed E-state index contributed by atoms with van der Waals surface area (Å²) >= 11 is 0. The van der Waals surface area contributed by atoms with Crippen molar-refractivity contribution in [2.45, 2.75) is 25.6 Å². The van der Waals surface area contributed by atoms with E-state index in [1.807, 2.05) is 18.2 Å². The molecule has 4 rings (SSSR count). The highest BCUT2D eigenvalue weighted by molar-refractivity contribution is 5.58. The van der Waals surface area contributed by atoms with E-state index in [2.05, 4.69) is 33.9 Å². The van der Waals surface area contributed by atoms with E-state index in [9.17, 15) is 0 Å². The Hall–Kier alpha value is -3.52. The highest BCUT2D eigenvalue weighted by Crippen LogP contribution is 2.46. The third-order valence-electron chi connectivity index (χ3n) is 6.49. The van der Waals surface area contributed by atoms with E-state index in [0.29, 0.717) is 41.0 Å². The van der Waals surface area contributed by atoms with Crippen molar-refractivity contribution in [1.29, 1.82) is 0 Å². The minimum atomic E-state index is -0.0682. The second-order valence-electron chi connectivity index (χ2n) is 8.31. The Balaban J connectivity index is 1.84. The van der Waals surface area contributed by atoms with Gasteiger partial charge in [-0.2, -0.15) is 0 Å². The maximum Gasteiger partial charge on any atom is 0.203 e. The molecular weight excluding hydrogens is 448 g/mol. The quantitative estimate of drug-likeness (QED) is 0.444. The van der Waals surface area contributed by atoms with E-state index in [0.717, 1.165) is 30.6 Å². The topological polar surface area (TPSA) is 63.6 Å².